The smallest absolute Gasteiger partial charge is 0.253 e. The molecule has 0 saturated heterocycles. The molecule has 6 nitrogen and oxygen atoms in total. The summed E-state index contributed by atoms with van der Waals surface area (Å²) in [5, 5.41) is 8.31. The summed E-state index contributed by atoms with van der Waals surface area (Å²) in [4.78, 5) is 11.1. The van der Waals surface area contributed by atoms with Crippen LogP contribution in [0.4, 0.5) is 5.82 Å². The van der Waals surface area contributed by atoms with Crippen LogP contribution >= 0.6 is 0 Å². The van der Waals surface area contributed by atoms with Gasteiger partial charge in [0.05, 0.1) is 5.56 Å². The molecule has 0 N–H and O–H groups in total. The second-order valence-corrected chi connectivity index (χ2v) is 5.91. The van der Waals surface area contributed by atoms with Gasteiger partial charge in [-0.1, -0.05) is 30.3 Å². The highest BCUT2D eigenvalue weighted by molar-refractivity contribution is 5.71. The molecule has 0 bridgehead atoms. The van der Waals surface area contributed by atoms with Crippen molar-refractivity contribution >= 4 is 5.82 Å². The fourth-order valence-corrected chi connectivity index (χ4v) is 2.43. The Morgan fingerprint density at radius 2 is 1.87 bits per heavy atom. The summed E-state index contributed by atoms with van der Waals surface area (Å²) in [7, 11) is 3.89. The van der Waals surface area contributed by atoms with E-state index in [0.717, 1.165) is 35.7 Å². The van der Waals surface area contributed by atoms with Crippen LogP contribution < -0.4 is 4.90 Å². The van der Waals surface area contributed by atoms with E-state index in [1.54, 1.807) is 6.20 Å². The standard InChI is InChI=1S/C17H17N5O/c1-22(2)15-13(17-21-20-16(23-17)12-8-9-12)10-18-14(19-15)11-6-4-3-5-7-11/h3-7,10,12H,8-9H2,1-2H3. The number of hydrogen-bond acceptors (Lipinski definition) is 6. The van der Waals surface area contributed by atoms with Crippen molar-refractivity contribution in [2.45, 2.75) is 18.8 Å². The molecular formula is C17H17N5O. The van der Waals surface area contributed by atoms with Crippen molar-refractivity contribution in [1.29, 1.82) is 0 Å². The van der Waals surface area contributed by atoms with Gasteiger partial charge in [-0.25, -0.2) is 9.97 Å². The topological polar surface area (TPSA) is 67.9 Å². The van der Waals surface area contributed by atoms with Gasteiger partial charge in [-0.2, -0.15) is 0 Å². The van der Waals surface area contributed by atoms with Crippen LogP contribution in [-0.4, -0.2) is 34.3 Å². The van der Waals surface area contributed by atoms with E-state index in [4.69, 9.17) is 4.42 Å². The second kappa shape index (κ2) is 5.46. The normalized spacial score (nSPS) is 14.0. The van der Waals surface area contributed by atoms with Crippen LogP contribution in [0.3, 0.4) is 0 Å². The van der Waals surface area contributed by atoms with Gasteiger partial charge in [-0.05, 0) is 12.8 Å². The van der Waals surface area contributed by atoms with Gasteiger partial charge >= 0.3 is 0 Å². The zero-order valence-electron chi connectivity index (χ0n) is 13.1. The molecular weight excluding hydrogens is 290 g/mol. The molecule has 0 aliphatic heterocycles. The lowest BCUT2D eigenvalue weighted by Crippen LogP contribution is -2.13. The first kappa shape index (κ1) is 13.9. The molecule has 1 aromatic carbocycles. The second-order valence-electron chi connectivity index (χ2n) is 5.91. The van der Waals surface area contributed by atoms with Crippen LogP contribution in [0.25, 0.3) is 22.8 Å². The maximum Gasteiger partial charge on any atom is 0.253 e. The summed E-state index contributed by atoms with van der Waals surface area (Å²) >= 11 is 0. The third-order valence-electron chi connectivity index (χ3n) is 3.82. The first-order chi connectivity index (χ1) is 11.2. The van der Waals surface area contributed by atoms with E-state index >= 15 is 0 Å². The minimum atomic E-state index is 0.434. The lowest BCUT2D eigenvalue weighted by atomic mass is 10.2. The number of nitrogens with zero attached hydrogens (tertiary/aromatic N) is 5. The van der Waals surface area contributed by atoms with Gasteiger partial charge < -0.3 is 9.32 Å². The van der Waals surface area contributed by atoms with E-state index in [-0.39, 0.29) is 0 Å². The average Bonchev–Trinajstić information content (AvgIpc) is 3.32. The molecule has 2 aromatic heterocycles. The van der Waals surface area contributed by atoms with E-state index < -0.39 is 0 Å². The van der Waals surface area contributed by atoms with E-state index in [2.05, 4.69) is 20.2 Å². The minimum Gasteiger partial charge on any atom is -0.420 e. The van der Waals surface area contributed by atoms with E-state index in [9.17, 15) is 0 Å². The largest absolute Gasteiger partial charge is 0.420 e. The molecule has 4 rings (SSSR count). The third-order valence-corrected chi connectivity index (χ3v) is 3.82. The maximum atomic E-state index is 5.80. The van der Waals surface area contributed by atoms with Gasteiger partial charge in [0.2, 0.25) is 5.89 Å². The molecule has 1 aliphatic rings. The lowest BCUT2D eigenvalue weighted by Gasteiger charge is -2.15. The zero-order chi connectivity index (χ0) is 15.8. The predicted molar refractivity (Wildman–Crippen MR) is 87.1 cm³/mol. The molecule has 0 unspecified atom stereocenters. The maximum absolute atomic E-state index is 5.80. The minimum absolute atomic E-state index is 0.434. The number of benzene rings is 1. The summed E-state index contributed by atoms with van der Waals surface area (Å²) in [6.07, 6.45) is 4.02. The van der Waals surface area contributed by atoms with Crippen molar-refractivity contribution in [2.75, 3.05) is 19.0 Å². The van der Waals surface area contributed by atoms with Gasteiger partial charge in [-0.15, -0.1) is 10.2 Å². The summed E-state index contributed by atoms with van der Waals surface area (Å²) in [6.45, 7) is 0. The molecule has 23 heavy (non-hydrogen) atoms. The van der Waals surface area contributed by atoms with Crippen molar-refractivity contribution in [3.8, 4) is 22.8 Å². The Balaban J connectivity index is 1.76. The van der Waals surface area contributed by atoms with Crippen LogP contribution in [0.1, 0.15) is 24.7 Å². The zero-order valence-corrected chi connectivity index (χ0v) is 13.1. The van der Waals surface area contributed by atoms with Crippen LogP contribution in [-0.2, 0) is 0 Å². The molecule has 0 atom stereocenters. The Morgan fingerprint density at radius 3 is 2.57 bits per heavy atom. The van der Waals surface area contributed by atoms with Crippen LogP contribution in [0, 0.1) is 0 Å². The lowest BCUT2D eigenvalue weighted by molar-refractivity contribution is 0.508. The molecule has 6 heteroatoms. The Morgan fingerprint density at radius 1 is 1.09 bits per heavy atom. The Labute approximate surface area is 134 Å². The molecule has 2 heterocycles. The molecule has 0 spiro atoms. The molecule has 3 aromatic rings. The quantitative estimate of drug-likeness (QED) is 0.737. The van der Waals surface area contributed by atoms with Crippen molar-refractivity contribution in [3.05, 3.63) is 42.4 Å². The van der Waals surface area contributed by atoms with Gasteiger partial charge in [0.25, 0.3) is 5.89 Å². The summed E-state index contributed by atoms with van der Waals surface area (Å²) in [6, 6.07) is 9.91. The van der Waals surface area contributed by atoms with Crippen molar-refractivity contribution < 1.29 is 4.42 Å². The van der Waals surface area contributed by atoms with Crippen molar-refractivity contribution in [2.24, 2.45) is 0 Å². The fourth-order valence-electron chi connectivity index (χ4n) is 2.43. The molecule has 1 aliphatic carbocycles. The molecule has 0 radical (unpaired) electrons. The van der Waals surface area contributed by atoms with E-state index in [1.807, 2.05) is 49.3 Å². The number of aromatic nitrogens is 4. The summed E-state index contributed by atoms with van der Waals surface area (Å²) < 4.78 is 5.80. The third kappa shape index (κ3) is 2.67. The average molecular weight is 307 g/mol. The van der Waals surface area contributed by atoms with Crippen LogP contribution in [0.2, 0.25) is 0 Å². The van der Waals surface area contributed by atoms with Crippen LogP contribution in [0.5, 0.6) is 0 Å². The Hall–Kier alpha value is -2.76. The molecule has 1 saturated carbocycles. The molecule has 116 valence electrons. The van der Waals surface area contributed by atoms with Crippen molar-refractivity contribution in [1.82, 2.24) is 20.2 Å². The molecule has 1 fully saturated rings. The van der Waals surface area contributed by atoms with Gasteiger partial charge in [-0.3, -0.25) is 0 Å². The van der Waals surface area contributed by atoms with Gasteiger partial charge in [0.1, 0.15) is 5.82 Å². The highest BCUT2D eigenvalue weighted by atomic mass is 16.4. The SMILES string of the molecule is CN(C)c1nc(-c2ccccc2)ncc1-c1nnc(C2CC2)o1. The van der Waals surface area contributed by atoms with E-state index in [1.165, 1.54) is 0 Å². The Kier molecular flexibility index (Phi) is 3.29. The van der Waals surface area contributed by atoms with Gasteiger partial charge in [0.15, 0.2) is 5.82 Å². The van der Waals surface area contributed by atoms with Gasteiger partial charge in [0, 0.05) is 31.8 Å². The fraction of sp³-hybridized carbons (Fsp3) is 0.294. The highest BCUT2D eigenvalue weighted by Crippen LogP contribution is 2.40. The number of rotatable bonds is 4. The highest BCUT2D eigenvalue weighted by Gasteiger charge is 2.30. The monoisotopic (exact) mass is 307 g/mol. The summed E-state index contributed by atoms with van der Waals surface area (Å²) in [5.41, 5.74) is 1.74. The number of hydrogen-bond donors (Lipinski definition) is 0. The first-order valence-electron chi connectivity index (χ1n) is 7.66. The van der Waals surface area contributed by atoms with Crippen LogP contribution in [0.15, 0.2) is 40.9 Å². The number of anilines is 1. The van der Waals surface area contributed by atoms with E-state index in [0.29, 0.717) is 17.6 Å². The molecule has 0 amide bonds. The summed E-state index contributed by atoms with van der Waals surface area (Å²) in [5.74, 6) is 3.08. The predicted octanol–water partition coefficient (Wildman–Crippen LogP) is 3.14. The van der Waals surface area contributed by atoms with Crippen molar-refractivity contribution in [3.63, 3.8) is 0 Å². The Bertz CT molecular complexity index is 824. The first-order valence-corrected chi connectivity index (χ1v) is 7.66.